The average molecular weight is 256 g/mol. The Balaban J connectivity index is 2.74. The lowest BCUT2D eigenvalue weighted by molar-refractivity contribution is -0.132. The van der Waals surface area contributed by atoms with E-state index in [-0.39, 0.29) is 24.2 Å². The minimum Gasteiger partial charge on any atom is -0.380 e. The number of methoxy groups -OCH3 is 1. The molecule has 1 saturated heterocycles. The van der Waals surface area contributed by atoms with Gasteiger partial charge in [-0.3, -0.25) is 10.1 Å². The summed E-state index contributed by atoms with van der Waals surface area (Å²) in [6.45, 7) is 9.12. The van der Waals surface area contributed by atoms with E-state index in [0.717, 1.165) is 19.3 Å². The maximum absolute atomic E-state index is 12.5. The lowest BCUT2D eigenvalue weighted by Crippen LogP contribution is -2.41. The van der Waals surface area contributed by atoms with Crippen molar-refractivity contribution in [3.05, 3.63) is 0 Å². The largest absolute Gasteiger partial charge is 0.380 e. The van der Waals surface area contributed by atoms with Gasteiger partial charge in [-0.2, -0.15) is 0 Å². The van der Waals surface area contributed by atoms with Crippen molar-refractivity contribution in [2.24, 2.45) is 5.92 Å². The number of carbonyl (C=O) groups is 1. The topological polar surface area (TPSA) is 41.6 Å². The second kappa shape index (κ2) is 7.10. The highest BCUT2D eigenvalue weighted by molar-refractivity contribution is 5.84. The van der Waals surface area contributed by atoms with Gasteiger partial charge in [0.15, 0.2) is 0 Å². The molecule has 0 aliphatic carbocycles. The molecule has 1 fully saturated rings. The van der Waals surface area contributed by atoms with Crippen molar-refractivity contribution in [1.82, 2.24) is 10.2 Å². The zero-order chi connectivity index (χ0) is 13.7. The maximum Gasteiger partial charge on any atom is 0.241 e. The third-order valence-electron chi connectivity index (χ3n) is 3.93. The Bertz CT molecular complexity index is 271. The first-order valence-corrected chi connectivity index (χ1v) is 7.14. The Labute approximate surface area is 111 Å². The Morgan fingerprint density at radius 2 is 2.06 bits per heavy atom. The first kappa shape index (κ1) is 15.4. The lowest BCUT2D eigenvalue weighted by atomic mass is 9.99. The van der Waals surface area contributed by atoms with Gasteiger partial charge in [0.05, 0.1) is 18.3 Å². The zero-order valence-electron chi connectivity index (χ0n) is 12.4. The fraction of sp³-hybridized carbons (Fsp3) is 0.929. The van der Waals surface area contributed by atoms with Crippen LogP contribution in [0.2, 0.25) is 0 Å². The maximum atomic E-state index is 12.5. The highest BCUT2D eigenvalue weighted by Gasteiger charge is 2.40. The van der Waals surface area contributed by atoms with Crippen LogP contribution >= 0.6 is 0 Å². The summed E-state index contributed by atoms with van der Waals surface area (Å²) in [5, 5.41) is 3.49. The molecule has 1 amide bonds. The Morgan fingerprint density at radius 1 is 1.39 bits per heavy atom. The Hall–Kier alpha value is -0.610. The zero-order valence-corrected chi connectivity index (χ0v) is 12.4. The predicted octanol–water partition coefficient (Wildman–Crippen LogP) is 1.99. The molecule has 0 aromatic carbocycles. The van der Waals surface area contributed by atoms with Crippen molar-refractivity contribution in [3.8, 4) is 0 Å². The molecule has 4 atom stereocenters. The van der Waals surface area contributed by atoms with E-state index < -0.39 is 0 Å². The molecule has 0 aromatic heterocycles. The highest BCUT2D eigenvalue weighted by Crippen LogP contribution is 2.22. The van der Waals surface area contributed by atoms with E-state index in [1.807, 2.05) is 11.8 Å². The van der Waals surface area contributed by atoms with Gasteiger partial charge in [-0.15, -0.1) is 0 Å². The molecular formula is C14H28N2O2. The number of nitrogens with zero attached hydrogens (tertiary/aromatic N) is 1. The van der Waals surface area contributed by atoms with E-state index in [1.165, 1.54) is 0 Å². The van der Waals surface area contributed by atoms with Gasteiger partial charge in [0.2, 0.25) is 5.91 Å². The molecule has 0 bridgehead atoms. The first-order valence-electron chi connectivity index (χ1n) is 7.14. The molecule has 0 spiro atoms. The normalized spacial score (nSPS) is 27.6. The standard InChI is InChI=1S/C14H28N2O2/c1-6-8-12-15-13(10(3)7-2)14(17)16(12)9-11(4)18-5/h10-13,15H,6-9H2,1-5H3. The van der Waals surface area contributed by atoms with E-state index >= 15 is 0 Å². The summed E-state index contributed by atoms with van der Waals surface area (Å²) in [4.78, 5) is 14.4. The van der Waals surface area contributed by atoms with E-state index in [9.17, 15) is 4.79 Å². The van der Waals surface area contributed by atoms with Crippen LogP contribution < -0.4 is 5.32 Å². The molecule has 1 rings (SSSR count). The molecule has 4 nitrogen and oxygen atoms in total. The highest BCUT2D eigenvalue weighted by atomic mass is 16.5. The van der Waals surface area contributed by atoms with Gasteiger partial charge < -0.3 is 9.64 Å². The fourth-order valence-corrected chi connectivity index (χ4v) is 2.43. The Kier molecular flexibility index (Phi) is 6.09. The predicted molar refractivity (Wildman–Crippen MR) is 73.3 cm³/mol. The number of rotatable bonds is 7. The van der Waals surface area contributed by atoms with Gasteiger partial charge in [0, 0.05) is 13.7 Å². The lowest BCUT2D eigenvalue weighted by Gasteiger charge is -2.26. The summed E-state index contributed by atoms with van der Waals surface area (Å²) in [5.74, 6) is 0.631. The summed E-state index contributed by atoms with van der Waals surface area (Å²) in [5.41, 5.74) is 0. The van der Waals surface area contributed by atoms with Crippen LogP contribution in [0.25, 0.3) is 0 Å². The molecule has 1 aliphatic rings. The number of hydrogen-bond acceptors (Lipinski definition) is 3. The number of amides is 1. The van der Waals surface area contributed by atoms with Crippen LogP contribution in [0.5, 0.6) is 0 Å². The van der Waals surface area contributed by atoms with Crippen LogP contribution in [-0.2, 0) is 9.53 Å². The summed E-state index contributed by atoms with van der Waals surface area (Å²) >= 11 is 0. The van der Waals surface area contributed by atoms with Crippen LogP contribution in [-0.4, -0.2) is 42.8 Å². The molecule has 1 heterocycles. The van der Waals surface area contributed by atoms with Gasteiger partial charge in [-0.1, -0.05) is 33.6 Å². The van der Waals surface area contributed by atoms with Crippen LogP contribution in [0.3, 0.4) is 0 Å². The number of nitrogens with one attached hydrogen (secondary N) is 1. The van der Waals surface area contributed by atoms with Gasteiger partial charge in [0.1, 0.15) is 0 Å². The second-order valence-corrected chi connectivity index (χ2v) is 5.37. The molecule has 4 unspecified atom stereocenters. The summed E-state index contributed by atoms with van der Waals surface area (Å²) < 4.78 is 5.29. The molecule has 0 radical (unpaired) electrons. The van der Waals surface area contributed by atoms with E-state index in [4.69, 9.17) is 4.74 Å². The van der Waals surface area contributed by atoms with Gasteiger partial charge >= 0.3 is 0 Å². The van der Waals surface area contributed by atoms with Gasteiger partial charge in [-0.05, 0) is 19.3 Å². The van der Waals surface area contributed by atoms with Gasteiger partial charge in [0.25, 0.3) is 0 Å². The minimum absolute atomic E-state index is 0.0180. The smallest absolute Gasteiger partial charge is 0.241 e. The Morgan fingerprint density at radius 3 is 2.56 bits per heavy atom. The van der Waals surface area contributed by atoms with E-state index in [0.29, 0.717) is 12.5 Å². The van der Waals surface area contributed by atoms with Crippen molar-refractivity contribution in [3.63, 3.8) is 0 Å². The third-order valence-corrected chi connectivity index (χ3v) is 3.93. The van der Waals surface area contributed by atoms with Crippen molar-refractivity contribution in [2.45, 2.75) is 65.3 Å². The average Bonchev–Trinajstić information content (AvgIpc) is 2.67. The van der Waals surface area contributed by atoms with Crippen molar-refractivity contribution >= 4 is 5.91 Å². The summed E-state index contributed by atoms with van der Waals surface area (Å²) in [6, 6.07) is -0.0180. The molecule has 18 heavy (non-hydrogen) atoms. The number of hydrogen-bond donors (Lipinski definition) is 1. The molecule has 1 N–H and O–H groups in total. The molecule has 0 aromatic rings. The first-order chi connectivity index (χ1) is 8.54. The summed E-state index contributed by atoms with van der Waals surface area (Å²) in [6.07, 6.45) is 3.38. The molecule has 1 aliphatic heterocycles. The SMILES string of the molecule is CCCC1NC(C(C)CC)C(=O)N1CC(C)OC. The van der Waals surface area contributed by atoms with Crippen molar-refractivity contribution in [2.75, 3.05) is 13.7 Å². The minimum atomic E-state index is -0.0180. The van der Waals surface area contributed by atoms with Crippen molar-refractivity contribution < 1.29 is 9.53 Å². The number of carbonyl (C=O) groups excluding carboxylic acids is 1. The third kappa shape index (κ3) is 3.45. The van der Waals surface area contributed by atoms with Crippen LogP contribution in [0.4, 0.5) is 0 Å². The van der Waals surface area contributed by atoms with Crippen molar-refractivity contribution in [1.29, 1.82) is 0 Å². The molecular weight excluding hydrogens is 228 g/mol. The summed E-state index contributed by atoms with van der Waals surface area (Å²) in [7, 11) is 1.69. The monoisotopic (exact) mass is 256 g/mol. The number of ether oxygens (including phenoxy) is 1. The van der Waals surface area contributed by atoms with Crippen LogP contribution in [0, 0.1) is 5.92 Å². The molecule has 0 saturated carbocycles. The van der Waals surface area contributed by atoms with E-state index in [2.05, 4.69) is 26.1 Å². The molecule has 4 heteroatoms. The van der Waals surface area contributed by atoms with Crippen LogP contribution in [0.1, 0.15) is 47.0 Å². The fourth-order valence-electron chi connectivity index (χ4n) is 2.43. The van der Waals surface area contributed by atoms with E-state index in [1.54, 1.807) is 7.11 Å². The van der Waals surface area contributed by atoms with Crippen LogP contribution in [0.15, 0.2) is 0 Å². The second-order valence-electron chi connectivity index (χ2n) is 5.37. The van der Waals surface area contributed by atoms with Gasteiger partial charge in [-0.25, -0.2) is 0 Å². The quantitative estimate of drug-likeness (QED) is 0.757. The molecule has 106 valence electrons.